The number of hydrogen-bond donors (Lipinski definition) is 13. The topological polar surface area (TPSA) is 360 Å². The van der Waals surface area contributed by atoms with Gasteiger partial charge in [0.15, 0.2) is 6.10 Å². The molecule has 0 aromatic rings. The summed E-state index contributed by atoms with van der Waals surface area (Å²) in [6, 6.07) is -1.06. The molecule has 0 saturated carbocycles. The summed E-state index contributed by atoms with van der Waals surface area (Å²) >= 11 is 0. The van der Waals surface area contributed by atoms with Crippen LogP contribution in [-0.4, -0.2) is 136 Å². The third-order valence-electron chi connectivity index (χ3n) is 3.14. The zero-order valence-electron chi connectivity index (χ0n) is 18.6. The highest BCUT2D eigenvalue weighted by molar-refractivity contribution is 5.74. The summed E-state index contributed by atoms with van der Waals surface area (Å²) in [7, 11) is 0. The number of aliphatic hydroxyl groups is 6. The molecule has 0 bridgehead atoms. The first-order chi connectivity index (χ1) is 15.8. The predicted octanol–water partition coefficient (Wildman–Crippen LogP) is -5.36. The van der Waals surface area contributed by atoms with Gasteiger partial charge in [0.25, 0.3) is 0 Å². The highest BCUT2D eigenvalue weighted by atomic mass is 16.4. The number of aliphatic hydroxyl groups excluding tert-OH is 6. The molecular weight excluding hydrogens is 488 g/mol. The van der Waals surface area contributed by atoms with E-state index in [2.05, 4.69) is 5.73 Å². The van der Waals surface area contributed by atoms with E-state index in [-0.39, 0.29) is 25.8 Å². The van der Waals surface area contributed by atoms with Crippen molar-refractivity contribution in [1.82, 2.24) is 0 Å². The third kappa shape index (κ3) is 29.0. The molecule has 0 aliphatic heterocycles. The third-order valence-corrected chi connectivity index (χ3v) is 3.14. The Labute approximate surface area is 198 Å². The molecule has 6 atom stereocenters. The van der Waals surface area contributed by atoms with Gasteiger partial charge in [0.2, 0.25) is 0 Å². The smallest absolute Gasteiger partial charge is 0.335 e. The molecule has 35 heavy (non-hydrogen) atoms. The molecular formula is C17H34N2O16. The van der Waals surface area contributed by atoms with Gasteiger partial charge in [-0.25, -0.2) is 4.79 Å². The summed E-state index contributed by atoms with van der Waals surface area (Å²) in [4.78, 5) is 48.9. The molecule has 0 rings (SSSR count). The average molecular weight is 522 g/mol. The first-order valence-electron chi connectivity index (χ1n) is 9.43. The normalized spacial score (nSPS) is 14.9. The zero-order valence-corrected chi connectivity index (χ0v) is 18.6. The van der Waals surface area contributed by atoms with Crippen LogP contribution in [0, 0.1) is 0 Å². The van der Waals surface area contributed by atoms with Gasteiger partial charge in [-0.3, -0.25) is 19.2 Å². The van der Waals surface area contributed by atoms with Gasteiger partial charge in [0, 0.05) is 6.42 Å². The Morgan fingerprint density at radius 3 is 1.37 bits per heavy atom. The minimum atomic E-state index is -2.20. The summed E-state index contributed by atoms with van der Waals surface area (Å²) in [5.41, 5.74) is 9.57. The lowest BCUT2D eigenvalue weighted by Gasteiger charge is -2.23. The summed E-state index contributed by atoms with van der Waals surface area (Å²) in [6.45, 7) is 0.318. The number of carbonyl (C=O) groups is 5. The molecule has 0 spiro atoms. The van der Waals surface area contributed by atoms with Crippen LogP contribution in [0.3, 0.4) is 0 Å². The van der Waals surface area contributed by atoms with E-state index in [0.29, 0.717) is 0 Å². The summed E-state index contributed by atoms with van der Waals surface area (Å²) < 4.78 is 0. The van der Waals surface area contributed by atoms with Gasteiger partial charge >= 0.3 is 29.8 Å². The van der Waals surface area contributed by atoms with E-state index in [4.69, 9.17) is 61.9 Å². The van der Waals surface area contributed by atoms with Gasteiger partial charge in [-0.2, -0.15) is 0 Å². The molecule has 0 saturated heterocycles. The van der Waals surface area contributed by atoms with Crippen molar-refractivity contribution in [3.8, 4) is 0 Å². The predicted molar refractivity (Wildman–Crippen MR) is 112 cm³/mol. The highest BCUT2D eigenvalue weighted by Gasteiger charge is 2.33. The van der Waals surface area contributed by atoms with Gasteiger partial charge in [-0.15, -0.1) is 0 Å². The Hall–Kier alpha value is -2.97. The van der Waals surface area contributed by atoms with Crippen molar-refractivity contribution in [3.05, 3.63) is 0 Å². The van der Waals surface area contributed by atoms with E-state index in [9.17, 15) is 24.0 Å². The lowest BCUT2D eigenvalue weighted by Crippen LogP contribution is -2.48. The Kier molecular flexibility index (Phi) is 25.6. The van der Waals surface area contributed by atoms with Crippen molar-refractivity contribution in [3.63, 3.8) is 0 Å². The van der Waals surface area contributed by atoms with Gasteiger partial charge < -0.3 is 67.6 Å². The van der Waals surface area contributed by atoms with E-state index in [1.165, 1.54) is 6.92 Å². The minimum absolute atomic E-state index is 0.0231. The van der Waals surface area contributed by atoms with E-state index >= 15 is 0 Å². The largest absolute Gasteiger partial charge is 0.481 e. The maximum absolute atomic E-state index is 10.1. The van der Waals surface area contributed by atoms with Crippen molar-refractivity contribution < 1.29 is 80.1 Å². The number of nitrogens with two attached hydrogens (primary N) is 2. The standard InChI is InChI=1S/C6H12O7.C5H9NO4.C4H8O3.C2H5NO2/c7-1-2(8)3(9)4(10)5(11)6(12)13;6-3(5(9)10)1-2-4(7)8;1-3(5)2-4(6)7;3-1-2(4)5/h2-5,7-11H,1H2,(H,12,13);3H,1-2,6H2,(H,7,8)(H,9,10);3,5H,2H2,1H3,(H,6,7);1,3H2,(H,4,5)/t2-,3-,4+,5-;3-;;/m10../s1. The molecule has 0 aromatic heterocycles. The van der Waals surface area contributed by atoms with Gasteiger partial charge in [-0.1, -0.05) is 0 Å². The Morgan fingerprint density at radius 2 is 1.17 bits per heavy atom. The molecule has 1 unspecified atom stereocenters. The van der Waals surface area contributed by atoms with E-state index < -0.39 is 73.0 Å². The second kappa shape index (κ2) is 22.8. The summed E-state index contributed by atoms with van der Waals surface area (Å²) in [5.74, 6) is -5.85. The Morgan fingerprint density at radius 1 is 0.743 bits per heavy atom. The van der Waals surface area contributed by atoms with Gasteiger partial charge in [0.05, 0.1) is 25.7 Å². The van der Waals surface area contributed by atoms with Crippen LogP contribution >= 0.6 is 0 Å². The minimum Gasteiger partial charge on any atom is -0.481 e. The Balaban J connectivity index is -0.000000194. The quantitative estimate of drug-likeness (QED) is 0.114. The fourth-order valence-electron chi connectivity index (χ4n) is 1.32. The number of carboxylic acid groups (broad SMARTS) is 5. The van der Waals surface area contributed by atoms with Crippen LogP contribution in [0.15, 0.2) is 0 Å². The van der Waals surface area contributed by atoms with E-state index in [1.807, 2.05) is 0 Å². The first kappa shape index (κ1) is 39.3. The van der Waals surface area contributed by atoms with Crippen molar-refractivity contribution in [2.75, 3.05) is 13.2 Å². The molecule has 0 amide bonds. The van der Waals surface area contributed by atoms with Crippen LogP contribution in [0.5, 0.6) is 0 Å². The Bertz CT molecular complexity index is 629. The van der Waals surface area contributed by atoms with Crippen molar-refractivity contribution in [2.24, 2.45) is 11.5 Å². The lowest BCUT2D eigenvalue weighted by molar-refractivity contribution is -0.164. The van der Waals surface area contributed by atoms with Gasteiger partial charge in [-0.05, 0) is 13.3 Å². The van der Waals surface area contributed by atoms with Crippen LogP contribution in [0.1, 0.15) is 26.2 Å². The highest BCUT2D eigenvalue weighted by Crippen LogP contribution is 2.04. The van der Waals surface area contributed by atoms with Crippen LogP contribution in [0.2, 0.25) is 0 Å². The molecule has 0 aliphatic rings. The number of hydrogen-bond acceptors (Lipinski definition) is 13. The SMILES string of the molecule is CC(O)CC(=O)O.NCC(=O)O.N[C@@H](CCC(=O)O)C(=O)O.O=C(O)[C@H](O)[C@@H](O)[C@H](O)[C@H](O)CO. The van der Waals surface area contributed by atoms with Crippen LogP contribution < -0.4 is 11.5 Å². The summed E-state index contributed by atoms with van der Waals surface area (Å²) in [6.07, 6.45) is -8.95. The molecule has 0 aliphatic carbocycles. The number of aliphatic carboxylic acids is 5. The monoisotopic (exact) mass is 522 g/mol. The second-order valence-electron chi connectivity index (χ2n) is 6.44. The van der Waals surface area contributed by atoms with E-state index in [0.717, 1.165) is 0 Å². The van der Waals surface area contributed by atoms with Crippen molar-refractivity contribution in [1.29, 1.82) is 0 Å². The van der Waals surface area contributed by atoms with Crippen LogP contribution in [0.4, 0.5) is 0 Å². The second-order valence-corrected chi connectivity index (χ2v) is 6.44. The maximum Gasteiger partial charge on any atom is 0.335 e. The molecule has 0 radical (unpaired) electrons. The molecule has 208 valence electrons. The van der Waals surface area contributed by atoms with Crippen molar-refractivity contribution in [2.45, 2.75) is 62.7 Å². The molecule has 15 N–H and O–H groups in total. The zero-order chi connectivity index (χ0) is 28.9. The molecule has 0 fully saturated rings. The molecule has 18 nitrogen and oxygen atoms in total. The average Bonchev–Trinajstić information content (AvgIpc) is 2.75. The number of carboxylic acids is 5. The fraction of sp³-hybridized carbons (Fsp3) is 0.706. The van der Waals surface area contributed by atoms with Gasteiger partial charge in [0.1, 0.15) is 24.4 Å². The van der Waals surface area contributed by atoms with Crippen molar-refractivity contribution >= 4 is 29.8 Å². The maximum atomic E-state index is 10.1. The fourth-order valence-corrected chi connectivity index (χ4v) is 1.32. The molecule has 0 aromatic carbocycles. The molecule has 18 heteroatoms. The first-order valence-corrected chi connectivity index (χ1v) is 9.43. The number of rotatable bonds is 12. The lowest BCUT2D eigenvalue weighted by atomic mass is 10.0. The van der Waals surface area contributed by atoms with Crippen LogP contribution in [0.25, 0.3) is 0 Å². The molecule has 0 heterocycles. The summed E-state index contributed by atoms with van der Waals surface area (Å²) in [5, 5.41) is 91.9. The van der Waals surface area contributed by atoms with E-state index in [1.54, 1.807) is 0 Å². The van der Waals surface area contributed by atoms with Crippen LogP contribution in [-0.2, 0) is 24.0 Å².